The standard InChI is InChI=1S/C19H19N5O3S/c1-12-3-5-13(6-4-12)10-24-17(26)8-7-15(23-24)18(27)22-19-21-14(11-28-19)9-16(25)20-2/h3-8,11H,9-10H2,1-2H3,(H,20,25)(H,21,22,27). The van der Waals surface area contributed by atoms with Gasteiger partial charge in [0.05, 0.1) is 18.7 Å². The SMILES string of the molecule is CNC(=O)Cc1csc(NC(=O)c2ccc(=O)n(Cc3ccc(C)cc3)n2)n1. The summed E-state index contributed by atoms with van der Waals surface area (Å²) in [5.74, 6) is -0.633. The monoisotopic (exact) mass is 397 g/mol. The molecule has 2 heterocycles. The third-order valence-corrected chi connectivity index (χ3v) is 4.75. The van der Waals surface area contributed by atoms with Crippen molar-refractivity contribution < 1.29 is 9.59 Å². The number of benzene rings is 1. The maximum Gasteiger partial charge on any atom is 0.277 e. The number of carbonyl (C=O) groups is 2. The lowest BCUT2D eigenvalue weighted by Gasteiger charge is -2.07. The van der Waals surface area contributed by atoms with E-state index in [4.69, 9.17) is 0 Å². The van der Waals surface area contributed by atoms with E-state index < -0.39 is 5.91 Å². The maximum absolute atomic E-state index is 12.5. The van der Waals surface area contributed by atoms with Crippen LogP contribution >= 0.6 is 11.3 Å². The highest BCUT2D eigenvalue weighted by Gasteiger charge is 2.13. The Morgan fingerprint density at radius 2 is 1.89 bits per heavy atom. The lowest BCUT2D eigenvalue weighted by Crippen LogP contribution is -2.26. The molecule has 144 valence electrons. The summed E-state index contributed by atoms with van der Waals surface area (Å²) in [4.78, 5) is 40.1. The number of aromatic nitrogens is 3. The Morgan fingerprint density at radius 3 is 2.61 bits per heavy atom. The summed E-state index contributed by atoms with van der Waals surface area (Å²) in [6.07, 6.45) is 0.141. The van der Waals surface area contributed by atoms with Crippen molar-refractivity contribution >= 4 is 28.3 Å². The number of nitrogens with one attached hydrogen (secondary N) is 2. The second-order valence-corrected chi connectivity index (χ2v) is 7.01. The van der Waals surface area contributed by atoms with Gasteiger partial charge in [0.1, 0.15) is 5.69 Å². The van der Waals surface area contributed by atoms with Gasteiger partial charge in [-0.2, -0.15) is 5.10 Å². The number of nitrogens with zero attached hydrogens (tertiary/aromatic N) is 3. The van der Waals surface area contributed by atoms with Crippen molar-refractivity contribution in [3.05, 3.63) is 74.6 Å². The first-order valence-corrected chi connectivity index (χ1v) is 9.42. The van der Waals surface area contributed by atoms with Gasteiger partial charge in [-0.05, 0) is 18.6 Å². The van der Waals surface area contributed by atoms with E-state index in [0.717, 1.165) is 11.1 Å². The molecule has 2 N–H and O–H groups in total. The van der Waals surface area contributed by atoms with Crippen molar-refractivity contribution in [1.82, 2.24) is 20.1 Å². The predicted octanol–water partition coefficient (Wildman–Crippen LogP) is 1.60. The molecule has 3 rings (SSSR count). The van der Waals surface area contributed by atoms with Crippen LogP contribution in [0.5, 0.6) is 0 Å². The summed E-state index contributed by atoms with van der Waals surface area (Å²) < 4.78 is 1.25. The largest absolute Gasteiger partial charge is 0.359 e. The maximum atomic E-state index is 12.5. The van der Waals surface area contributed by atoms with Crippen LogP contribution in [0.1, 0.15) is 27.3 Å². The van der Waals surface area contributed by atoms with Gasteiger partial charge in [0.15, 0.2) is 5.13 Å². The minimum absolute atomic E-state index is 0.106. The molecule has 0 aliphatic rings. The van der Waals surface area contributed by atoms with Crippen molar-refractivity contribution in [3.8, 4) is 0 Å². The molecule has 2 aromatic heterocycles. The van der Waals surface area contributed by atoms with E-state index in [0.29, 0.717) is 10.8 Å². The molecule has 0 spiro atoms. The molecule has 28 heavy (non-hydrogen) atoms. The summed E-state index contributed by atoms with van der Waals surface area (Å²) in [5, 5.41) is 11.4. The molecule has 0 fully saturated rings. The Balaban J connectivity index is 1.72. The van der Waals surface area contributed by atoms with E-state index >= 15 is 0 Å². The fourth-order valence-electron chi connectivity index (χ4n) is 2.41. The van der Waals surface area contributed by atoms with Crippen molar-refractivity contribution in [3.63, 3.8) is 0 Å². The number of anilines is 1. The molecule has 0 saturated carbocycles. The Bertz CT molecular complexity index is 1060. The molecule has 0 saturated heterocycles. The van der Waals surface area contributed by atoms with Gasteiger partial charge in [0.25, 0.3) is 11.5 Å². The normalized spacial score (nSPS) is 10.5. The van der Waals surface area contributed by atoms with Gasteiger partial charge in [-0.25, -0.2) is 9.67 Å². The van der Waals surface area contributed by atoms with E-state index in [2.05, 4.69) is 20.7 Å². The van der Waals surface area contributed by atoms with Crippen LogP contribution in [0, 0.1) is 6.92 Å². The van der Waals surface area contributed by atoms with Crippen LogP contribution in [-0.4, -0.2) is 33.6 Å². The number of thiazole rings is 1. The molecule has 0 aliphatic heterocycles. The number of hydrogen-bond donors (Lipinski definition) is 2. The summed E-state index contributed by atoms with van der Waals surface area (Å²) in [6.45, 7) is 2.26. The van der Waals surface area contributed by atoms with Gasteiger partial charge in [-0.15, -0.1) is 11.3 Å². The summed E-state index contributed by atoms with van der Waals surface area (Å²) in [6, 6.07) is 10.4. The number of likely N-dealkylation sites (N-methyl/N-ethyl adjacent to an activating group) is 1. The molecular formula is C19H19N5O3S. The summed E-state index contributed by atoms with van der Waals surface area (Å²) >= 11 is 1.22. The lowest BCUT2D eigenvalue weighted by molar-refractivity contribution is -0.120. The Kier molecular flexibility index (Phi) is 5.95. The third kappa shape index (κ3) is 4.89. The highest BCUT2D eigenvalue weighted by atomic mass is 32.1. The zero-order chi connectivity index (χ0) is 20.1. The predicted molar refractivity (Wildman–Crippen MR) is 107 cm³/mol. The minimum atomic E-state index is -0.474. The topological polar surface area (TPSA) is 106 Å². The quantitative estimate of drug-likeness (QED) is 0.657. The molecule has 1 aromatic carbocycles. The van der Waals surface area contributed by atoms with Gasteiger partial charge < -0.3 is 5.32 Å². The Labute approximate surface area is 165 Å². The van der Waals surface area contributed by atoms with Gasteiger partial charge >= 0.3 is 0 Å². The van der Waals surface area contributed by atoms with Crippen molar-refractivity contribution in [2.45, 2.75) is 19.9 Å². The van der Waals surface area contributed by atoms with E-state index in [1.54, 1.807) is 12.4 Å². The van der Waals surface area contributed by atoms with E-state index in [-0.39, 0.29) is 30.1 Å². The number of aryl methyl sites for hydroxylation is 1. The van der Waals surface area contributed by atoms with E-state index in [9.17, 15) is 14.4 Å². The average Bonchev–Trinajstić information content (AvgIpc) is 3.11. The Hall–Kier alpha value is -3.33. The zero-order valence-corrected chi connectivity index (χ0v) is 16.2. The van der Waals surface area contributed by atoms with Crippen LogP contribution in [0.4, 0.5) is 5.13 Å². The lowest BCUT2D eigenvalue weighted by atomic mass is 10.1. The molecule has 0 aliphatic carbocycles. The fraction of sp³-hybridized carbons (Fsp3) is 0.211. The van der Waals surface area contributed by atoms with Gasteiger partial charge in [-0.3, -0.25) is 19.7 Å². The van der Waals surface area contributed by atoms with Crippen LogP contribution in [0.3, 0.4) is 0 Å². The second-order valence-electron chi connectivity index (χ2n) is 6.15. The molecule has 0 unspecified atom stereocenters. The van der Waals surface area contributed by atoms with Crippen LogP contribution < -0.4 is 16.2 Å². The van der Waals surface area contributed by atoms with E-state index in [1.807, 2.05) is 31.2 Å². The number of amides is 2. The minimum Gasteiger partial charge on any atom is -0.359 e. The smallest absolute Gasteiger partial charge is 0.277 e. The summed E-state index contributed by atoms with van der Waals surface area (Å²) in [7, 11) is 1.55. The number of rotatable bonds is 6. The van der Waals surface area contributed by atoms with Gasteiger partial charge in [0.2, 0.25) is 5.91 Å². The molecule has 0 atom stereocenters. The average molecular weight is 397 g/mol. The molecule has 3 aromatic rings. The number of hydrogen-bond acceptors (Lipinski definition) is 6. The van der Waals surface area contributed by atoms with Gasteiger partial charge in [0, 0.05) is 18.5 Å². The van der Waals surface area contributed by atoms with Crippen LogP contribution in [0.15, 0.2) is 46.6 Å². The molecule has 8 nitrogen and oxygen atoms in total. The summed E-state index contributed by atoms with van der Waals surface area (Å²) in [5.41, 5.74) is 2.42. The van der Waals surface area contributed by atoms with Crippen molar-refractivity contribution in [2.24, 2.45) is 0 Å². The first-order valence-electron chi connectivity index (χ1n) is 8.54. The first-order chi connectivity index (χ1) is 13.4. The molecule has 0 bridgehead atoms. The third-order valence-electron chi connectivity index (χ3n) is 3.94. The van der Waals surface area contributed by atoms with Crippen LogP contribution in [0.2, 0.25) is 0 Å². The molecular weight excluding hydrogens is 378 g/mol. The first kappa shape index (κ1) is 19.4. The fourth-order valence-corrected chi connectivity index (χ4v) is 3.11. The molecule has 9 heteroatoms. The highest BCUT2D eigenvalue weighted by Crippen LogP contribution is 2.16. The van der Waals surface area contributed by atoms with Crippen molar-refractivity contribution in [2.75, 3.05) is 12.4 Å². The van der Waals surface area contributed by atoms with Crippen LogP contribution in [-0.2, 0) is 17.8 Å². The zero-order valence-electron chi connectivity index (χ0n) is 15.4. The van der Waals surface area contributed by atoms with E-state index in [1.165, 1.54) is 28.2 Å². The van der Waals surface area contributed by atoms with Crippen molar-refractivity contribution in [1.29, 1.82) is 0 Å². The number of carbonyl (C=O) groups excluding carboxylic acids is 2. The molecule has 0 radical (unpaired) electrons. The van der Waals surface area contributed by atoms with Crippen LogP contribution in [0.25, 0.3) is 0 Å². The second kappa shape index (κ2) is 8.57. The highest BCUT2D eigenvalue weighted by molar-refractivity contribution is 7.14. The Morgan fingerprint density at radius 1 is 1.14 bits per heavy atom. The van der Waals surface area contributed by atoms with Gasteiger partial charge in [-0.1, -0.05) is 29.8 Å². The molecule has 2 amide bonds.